The molecule has 114 valence electrons. The molecule has 2 N–H and O–H groups in total. The molecule has 2 amide bonds. The number of carbonyl (C=O) groups is 2. The van der Waals surface area contributed by atoms with Gasteiger partial charge in [0.1, 0.15) is 0 Å². The van der Waals surface area contributed by atoms with Gasteiger partial charge in [0.15, 0.2) is 0 Å². The minimum atomic E-state index is -3.88. The Morgan fingerprint density at radius 1 is 1.29 bits per heavy atom. The highest BCUT2D eigenvalue weighted by molar-refractivity contribution is 7.89. The lowest BCUT2D eigenvalue weighted by Gasteiger charge is -2.16. The van der Waals surface area contributed by atoms with Gasteiger partial charge in [-0.1, -0.05) is 0 Å². The number of nitrogens with zero attached hydrogens (tertiary/aromatic N) is 1. The van der Waals surface area contributed by atoms with Gasteiger partial charge in [-0.2, -0.15) is 0 Å². The zero-order valence-electron chi connectivity index (χ0n) is 11.3. The number of methoxy groups -OCH3 is 1. The van der Waals surface area contributed by atoms with Crippen LogP contribution in [-0.2, 0) is 19.6 Å². The smallest absolute Gasteiger partial charge is 0.422 e. The molecule has 1 fully saturated rings. The zero-order valence-corrected chi connectivity index (χ0v) is 12.1. The second-order valence-electron chi connectivity index (χ2n) is 4.36. The largest absolute Gasteiger partial charge is 0.452 e. The number of anilines is 1. The molecule has 0 aromatic heterocycles. The molecule has 1 aliphatic rings. The molecule has 0 spiro atoms. The van der Waals surface area contributed by atoms with Crippen LogP contribution in [0.3, 0.4) is 0 Å². The standard InChI is InChI=1S/C12H15N3O5S/c1-20-12(17)13-14-21(18,19)10-6-4-9(5-7-10)15-8-2-3-11(15)16/h4-7,14H,2-3,8H2,1H3,(H,13,17). The molecule has 1 saturated heterocycles. The molecule has 21 heavy (non-hydrogen) atoms. The molecule has 8 nitrogen and oxygen atoms in total. The van der Waals surface area contributed by atoms with Crippen LogP contribution in [0.25, 0.3) is 0 Å². The highest BCUT2D eigenvalue weighted by atomic mass is 32.2. The summed E-state index contributed by atoms with van der Waals surface area (Å²) in [5.74, 6) is 0.0242. The van der Waals surface area contributed by atoms with Gasteiger partial charge in [-0.15, -0.1) is 4.83 Å². The number of hydrazine groups is 1. The molecule has 1 aromatic rings. The molecule has 0 radical (unpaired) electrons. The second-order valence-corrected chi connectivity index (χ2v) is 6.05. The molecule has 0 bridgehead atoms. The summed E-state index contributed by atoms with van der Waals surface area (Å²) in [6.07, 6.45) is 0.381. The first-order valence-electron chi connectivity index (χ1n) is 6.20. The van der Waals surface area contributed by atoms with E-state index in [0.29, 0.717) is 18.7 Å². The predicted molar refractivity (Wildman–Crippen MR) is 73.9 cm³/mol. The van der Waals surface area contributed by atoms with Crippen molar-refractivity contribution in [2.24, 2.45) is 0 Å². The van der Waals surface area contributed by atoms with Gasteiger partial charge in [0, 0.05) is 18.7 Å². The molecule has 1 heterocycles. The van der Waals surface area contributed by atoms with Gasteiger partial charge in [-0.05, 0) is 30.7 Å². The van der Waals surface area contributed by atoms with E-state index in [4.69, 9.17) is 0 Å². The maximum Gasteiger partial charge on any atom is 0.422 e. The first-order chi connectivity index (χ1) is 9.94. The Kier molecular flexibility index (Phi) is 4.43. The van der Waals surface area contributed by atoms with Crippen molar-refractivity contribution in [3.05, 3.63) is 24.3 Å². The lowest BCUT2D eigenvalue weighted by Crippen LogP contribution is -2.41. The molecule has 0 aliphatic carbocycles. The molecule has 9 heteroatoms. The average molecular weight is 313 g/mol. The molecule has 0 saturated carbocycles. The maximum absolute atomic E-state index is 11.9. The van der Waals surface area contributed by atoms with Crippen LogP contribution in [0.4, 0.5) is 10.5 Å². The summed E-state index contributed by atoms with van der Waals surface area (Å²) in [7, 11) is -2.77. The van der Waals surface area contributed by atoms with Crippen LogP contribution < -0.4 is 15.2 Å². The van der Waals surface area contributed by atoms with Crippen molar-refractivity contribution in [1.82, 2.24) is 10.3 Å². The molecule has 1 aliphatic heterocycles. The van der Waals surface area contributed by atoms with Crippen molar-refractivity contribution in [2.45, 2.75) is 17.7 Å². The number of benzene rings is 1. The highest BCUT2D eigenvalue weighted by Gasteiger charge is 2.22. The van der Waals surface area contributed by atoms with E-state index in [0.717, 1.165) is 13.5 Å². The van der Waals surface area contributed by atoms with Crippen molar-refractivity contribution in [1.29, 1.82) is 0 Å². The summed E-state index contributed by atoms with van der Waals surface area (Å²) in [5, 5.41) is 0. The fourth-order valence-corrected chi connectivity index (χ4v) is 2.78. The van der Waals surface area contributed by atoms with Crippen LogP contribution in [0.2, 0.25) is 0 Å². The third-order valence-corrected chi connectivity index (χ3v) is 4.27. The Morgan fingerprint density at radius 2 is 1.95 bits per heavy atom. The van der Waals surface area contributed by atoms with Gasteiger partial charge in [0.05, 0.1) is 12.0 Å². The van der Waals surface area contributed by atoms with Gasteiger partial charge in [-0.3, -0.25) is 4.79 Å². The predicted octanol–water partition coefficient (Wildman–Crippen LogP) is 0.363. The Hall–Kier alpha value is -2.13. The fourth-order valence-electron chi connectivity index (χ4n) is 1.95. The number of sulfonamides is 1. The molecule has 0 unspecified atom stereocenters. The molecule has 1 aromatic carbocycles. The molecule has 0 atom stereocenters. The first kappa shape index (κ1) is 15.3. The third-order valence-electron chi connectivity index (χ3n) is 3.00. The van der Waals surface area contributed by atoms with Crippen LogP contribution in [-0.4, -0.2) is 34.1 Å². The van der Waals surface area contributed by atoms with Crippen molar-refractivity contribution >= 4 is 27.7 Å². The van der Waals surface area contributed by atoms with Crippen molar-refractivity contribution in [3.8, 4) is 0 Å². The Labute approximate surface area is 122 Å². The van der Waals surface area contributed by atoms with Gasteiger partial charge in [0.25, 0.3) is 10.0 Å². The van der Waals surface area contributed by atoms with E-state index in [2.05, 4.69) is 4.74 Å². The van der Waals surface area contributed by atoms with Crippen molar-refractivity contribution in [3.63, 3.8) is 0 Å². The lowest BCUT2D eigenvalue weighted by atomic mass is 10.3. The van der Waals surface area contributed by atoms with E-state index in [1.807, 2.05) is 10.3 Å². The van der Waals surface area contributed by atoms with Gasteiger partial charge < -0.3 is 9.64 Å². The van der Waals surface area contributed by atoms with Crippen molar-refractivity contribution in [2.75, 3.05) is 18.6 Å². The van der Waals surface area contributed by atoms with E-state index in [1.165, 1.54) is 12.1 Å². The van der Waals surface area contributed by atoms with Gasteiger partial charge >= 0.3 is 6.09 Å². The van der Waals surface area contributed by atoms with E-state index < -0.39 is 16.1 Å². The molecular weight excluding hydrogens is 298 g/mol. The summed E-state index contributed by atoms with van der Waals surface area (Å²) in [5.41, 5.74) is 2.53. The number of amides is 2. The Balaban J connectivity index is 2.11. The SMILES string of the molecule is COC(=O)NNS(=O)(=O)c1ccc(N2CCCC2=O)cc1. The summed E-state index contributed by atoms with van der Waals surface area (Å²) >= 11 is 0. The van der Waals surface area contributed by atoms with E-state index in [9.17, 15) is 18.0 Å². The monoisotopic (exact) mass is 313 g/mol. The van der Waals surface area contributed by atoms with Crippen LogP contribution >= 0.6 is 0 Å². The van der Waals surface area contributed by atoms with E-state index >= 15 is 0 Å². The van der Waals surface area contributed by atoms with Crippen LogP contribution in [0.15, 0.2) is 29.2 Å². The fraction of sp³-hybridized carbons (Fsp3) is 0.333. The number of nitrogens with one attached hydrogen (secondary N) is 2. The number of ether oxygens (including phenoxy) is 1. The number of carbonyl (C=O) groups excluding carboxylic acids is 2. The maximum atomic E-state index is 11.9. The van der Waals surface area contributed by atoms with Crippen LogP contribution in [0.1, 0.15) is 12.8 Å². The van der Waals surface area contributed by atoms with Crippen LogP contribution in [0, 0.1) is 0 Å². The number of hydrogen-bond acceptors (Lipinski definition) is 5. The van der Waals surface area contributed by atoms with Crippen molar-refractivity contribution < 1.29 is 22.7 Å². The second kappa shape index (κ2) is 6.10. The molecule has 2 rings (SSSR count). The zero-order chi connectivity index (χ0) is 15.5. The summed E-state index contributed by atoms with van der Waals surface area (Å²) in [6, 6.07) is 5.83. The van der Waals surface area contributed by atoms with E-state index in [-0.39, 0.29) is 10.8 Å². The van der Waals surface area contributed by atoms with Gasteiger partial charge in [-0.25, -0.2) is 18.6 Å². The Morgan fingerprint density at radius 3 is 2.48 bits per heavy atom. The Bertz CT molecular complexity index is 641. The minimum Gasteiger partial charge on any atom is -0.452 e. The highest BCUT2D eigenvalue weighted by Crippen LogP contribution is 2.22. The quantitative estimate of drug-likeness (QED) is 0.781. The van der Waals surface area contributed by atoms with Crippen LogP contribution in [0.5, 0.6) is 0 Å². The number of rotatable bonds is 4. The normalized spacial score (nSPS) is 15.1. The lowest BCUT2D eigenvalue weighted by molar-refractivity contribution is -0.117. The molecular formula is C12H15N3O5S. The third kappa shape index (κ3) is 3.50. The van der Waals surface area contributed by atoms with E-state index in [1.54, 1.807) is 17.0 Å². The number of hydrogen-bond donors (Lipinski definition) is 2. The minimum absolute atomic E-state index is 0.0242. The topological polar surface area (TPSA) is 105 Å². The summed E-state index contributed by atoms with van der Waals surface area (Å²) < 4.78 is 28.0. The summed E-state index contributed by atoms with van der Waals surface area (Å²) in [6.45, 7) is 0.632. The average Bonchev–Trinajstić information content (AvgIpc) is 2.91. The summed E-state index contributed by atoms with van der Waals surface area (Å²) in [4.78, 5) is 25.9. The first-order valence-corrected chi connectivity index (χ1v) is 7.68. The van der Waals surface area contributed by atoms with Gasteiger partial charge in [0.2, 0.25) is 5.91 Å².